The zero-order chi connectivity index (χ0) is 3.58. The largest absolute Gasteiger partial charge is 0.481 e. The van der Waals surface area contributed by atoms with E-state index in [9.17, 15) is 0 Å². The van der Waals surface area contributed by atoms with Crippen LogP contribution < -0.4 is 0 Å². The molecule has 0 saturated carbocycles. The zero-order valence-electron chi connectivity index (χ0n) is 3.44. The van der Waals surface area contributed by atoms with Gasteiger partial charge in [-0.15, -0.1) is 0 Å². The Morgan fingerprint density at radius 3 is 1.67 bits per heavy atom. The van der Waals surface area contributed by atoms with Crippen molar-refractivity contribution in [3.8, 4) is 0 Å². The van der Waals surface area contributed by atoms with E-state index in [1.54, 1.807) is 0 Å². The van der Waals surface area contributed by atoms with Crippen molar-refractivity contribution in [1.82, 2.24) is 0 Å². The van der Waals surface area contributed by atoms with Crippen LogP contribution in [-0.2, 0) is 41.3 Å². The van der Waals surface area contributed by atoms with Crippen LogP contribution in [-0.4, -0.2) is 11.1 Å². The molecule has 4 heteroatoms. The molecule has 0 aliphatic rings. The van der Waals surface area contributed by atoms with Crippen LogP contribution in [0.4, 0.5) is 0 Å². The third-order valence-electron chi connectivity index (χ3n) is 0. The van der Waals surface area contributed by atoms with Gasteiger partial charge in [-0.2, -0.15) is 0 Å². The maximum Gasteiger partial charge on any atom is 0.300 e. The van der Waals surface area contributed by atoms with Gasteiger partial charge in [-0.3, -0.25) is 4.79 Å². The molecule has 0 aromatic heterocycles. The van der Waals surface area contributed by atoms with Gasteiger partial charge < -0.3 is 5.11 Å². The number of carboxylic acid groups (broad SMARTS) is 1. The molecule has 1 N–H and O–H groups in total. The standard InChI is InChI=1S/C2H4O2.Mn.Zn/c1-2(3)4;;/h1H3,(H,3,4);;. The predicted molar refractivity (Wildman–Crippen MR) is 13.3 cm³/mol. The number of aliphatic carboxylic acids is 1. The van der Waals surface area contributed by atoms with E-state index < -0.39 is 5.97 Å². The minimum Gasteiger partial charge on any atom is -0.481 e. The summed E-state index contributed by atoms with van der Waals surface area (Å²) >= 11 is 0. The second-order valence-electron chi connectivity index (χ2n) is 0.519. The average molecular weight is 180 g/mol. The fraction of sp³-hybridized carbons (Fsp3) is 0.500. The van der Waals surface area contributed by atoms with Gasteiger partial charge in [0.25, 0.3) is 5.97 Å². The van der Waals surface area contributed by atoms with Crippen molar-refractivity contribution in [2.45, 2.75) is 6.92 Å². The summed E-state index contributed by atoms with van der Waals surface area (Å²) in [6.07, 6.45) is 0. The molecular weight excluding hydrogens is 176 g/mol. The Morgan fingerprint density at radius 2 is 1.67 bits per heavy atom. The third kappa shape index (κ3) is 160. The quantitative estimate of drug-likeness (QED) is 0.536. The van der Waals surface area contributed by atoms with Crippen molar-refractivity contribution in [3.63, 3.8) is 0 Å². The van der Waals surface area contributed by atoms with E-state index in [1.807, 2.05) is 0 Å². The summed E-state index contributed by atoms with van der Waals surface area (Å²) in [5, 5.41) is 7.42. The molecule has 33 valence electrons. The van der Waals surface area contributed by atoms with E-state index in [0.29, 0.717) is 0 Å². The molecule has 0 amide bonds. The molecule has 0 atom stereocenters. The fourth-order valence-corrected chi connectivity index (χ4v) is 0. The molecule has 0 bridgehead atoms. The van der Waals surface area contributed by atoms with Gasteiger partial charge in [-0.25, -0.2) is 0 Å². The minimum absolute atomic E-state index is 0. The second-order valence-corrected chi connectivity index (χ2v) is 0.519. The Kier molecular flexibility index (Phi) is 24.3. The van der Waals surface area contributed by atoms with Gasteiger partial charge in [0.1, 0.15) is 0 Å². The van der Waals surface area contributed by atoms with Crippen molar-refractivity contribution < 1.29 is 46.4 Å². The molecule has 0 aromatic rings. The number of rotatable bonds is 0. The third-order valence-corrected chi connectivity index (χ3v) is 0. The van der Waals surface area contributed by atoms with E-state index >= 15 is 0 Å². The monoisotopic (exact) mass is 179 g/mol. The molecular formula is C2H4MnO2Zn. The van der Waals surface area contributed by atoms with Crippen molar-refractivity contribution in [2.24, 2.45) is 0 Å². The average Bonchev–Trinajstić information content (AvgIpc) is 0.811. The van der Waals surface area contributed by atoms with Crippen LogP contribution in [0.25, 0.3) is 0 Å². The van der Waals surface area contributed by atoms with E-state index in [1.165, 1.54) is 0 Å². The fourth-order valence-electron chi connectivity index (χ4n) is 0. The number of carbonyl (C=O) groups is 1. The Hall–Kier alpha value is 0.613. The molecule has 6 heavy (non-hydrogen) atoms. The summed E-state index contributed by atoms with van der Waals surface area (Å²) in [6, 6.07) is 0. The van der Waals surface area contributed by atoms with Gasteiger partial charge in [-0.05, 0) is 0 Å². The molecule has 1 radical (unpaired) electrons. The Morgan fingerprint density at radius 1 is 1.67 bits per heavy atom. The van der Waals surface area contributed by atoms with Crippen LogP contribution >= 0.6 is 0 Å². The molecule has 0 saturated heterocycles. The summed E-state index contributed by atoms with van der Waals surface area (Å²) < 4.78 is 0. The van der Waals surface area contributed by atoms with Crippen LogP contribution in [0.2, 0.25) is 0 Å². The van der Waals surface area contributed by atoms with Crippen molar-refractivity contribution in [3.05, 3.63) is 0 Å². The van der Waals surface area contributed by atoms with E-state index in [4.69, 9.17) is 9.90 Å². The van der Waals surface area contributed by atoms with Crippen LogP contribution in [0.3, 0.4) is 0 Å². The van der Waals surface area contributed by atoms with Crippen LogP contribution in [0.15, 0.2) is 0 Å². The Bertz CT molecular complexity index is 34.5. The number of hydrogen-bond donors (Lipinski definition) is 1. The van der Waals surface area contributed by atoms with Crippen molar-refractivity contribution >= 4 is 5.97 Å². The predicted octanol–water partition coefficient (Wildman–Crippen LogP) is 0.0859. The van der Waals surface area contributed by atoms with Crippen molar-refractivity contribution in [2.75, 3.05) is 0 Å². The van der Waals surface area contributed by atoms with Gasteiger partial charge in [-0.1, -0.05) is 0 Å². The van der Waals surface area contributed by atoms with Crippen molar-refractivity contribution in [1.29, 1.82) is 0 Å². The maximum atomic E-state index is 9.00. The molecule has 0 aliphatic heterocycles. The van der Waals surface area contributed by atoms with Gasteiger partial charge >= 0.3 is 0 Å². The minimum atomic E-state index is -0.833. The molecule has 0 unspecified atom stereocenters. The molecule has 2 nitrogen and oxygen atoms in total. The SMILES string of the molecule is CC(=O)O.[Mn].[Zn]. The van der Waals surface area contributed by atoms with Gasteiger partial charge in [0.05, 0.1) is 0 Å². The van der Waals surface area contributed by atoms with E-state index in [0.717, 1.165) is 6.92 Å². The normalized spacial score (nSPS) is 4.17. The van der Waals surface area contributed by atoms with Crippen LogP contribution in [0, 0.1) is 0 Å². The van der Waals surface area contributed by atoms with Gasteiger partial charge in [0, 0.05) is 43.5 Å². The Labute approximate surface area is 59.5 Å². The molecule has 0 aliphatic carbocycles. The number of carboxylic acids is 1. The first kappa shape index (κ1) is 16.0. The zero-order valence-corrected chi connectivity index (χ0v) is 7.59. The first-order valence-electron chi connectivity index (χ1n) is 0.928. The second kappa shape index (κ2) is 9.15. The number of hydrogen-bond acceptors (Lipinski definition) is 1. The first-order valence-corrected chi connectivity index (χ1v) is 0.928. The topological polar surface area (TPSA) is 37.3 Å². The van der Waals surface area contributed by atoms with Gasteiger partial charge in [0.2, 0.25) is 0 Å². The van der Waals surface area contributed by atoms with Crippen LogP contribution in [0.5, 0.6) is 0 Å². The molecule has 0 spiro atoms. The summed E-state index contributed by atoms with van der Waals surface area (Å²) in [5.41, 5.74) is 0. The smallest absolute Gasteiger partial charge is 0.300 e. The molecule has 0 heterocycles. The molecule has 0 aromatic carbocycles. The maximum absolute atomic E-state index is 9.00. The first-order chi connectivity index (χ1) is 1.73. The van der Waals surface area contributed by atoms with Gasteiger partial charge in [0.15, 0.2) is 0 Å². The molecule has 0 fully saturated rings. The Balaban J connectivity index is -0.0000000450. The molecule has 0 rings (SSSR count). The summed E-state index contributed by atoms with van der Waals surface area (Å²) in [7, 11) is 0. The van der Waals surface area contributed by atoms with Crippen LogP contribution in [0.1, 0.15) is 6.92 Å². The summed E-state index contributed by atoms with van der Waals surface area (Å²) in [5.74, 6) is -0.833. The summed E-state index contributed by atoms with van der Waals surface area (Å²) in [4.78, 5) is 9.00. The van der Waals surface area contributed by atoms with E-state index in [2.05, 4.69) is 0 Å². The van der Waals surface area contributed by atoms with E-state index in [-0.39, 0.29) is 36.5 Å². The summed E-state index contributed by atoms with van der Waals surface area (Å²) in [6.45, 7) is 1.08.